The summed E-state index contributed by atoms with van der Waals surface area (Å²) in [6.45, 7) is 11.2. The van der Waals surface area contributed by atoms with Crippen LogP contribution in [0.25, 0.3) is 0 Å². The first kappa shape index (κ1) is 23.2. The van der Waals surface area contributed by atoms with Gasteiger partial charge in [0.15, 0.2) is 0 Å². The van der Waals surface area contributed by atoms with Crippen molar-refractivity contribution in [2.45, 2.75) is 45.7 Å². The molecule has 0 aromatic heterocycles. The number of hydrogen-bond donors (Lipinski definition) is 2. The molecule has 2 heterocycles. The number of nitrogens with zero attached hydrogens (tertiary/aromatic N) is 2. The summed E-state index contributed by atoms with van der Waals surface area (Å²) in [5.41, 5.74) is 0.597. The van der Waals surface area contributed by atoms with Crippen molar-refractivity contribution >= 4 is 17.8 Å². The second-order valence-corrected chi connectivity index (χ2v) is 9.05. The van der Waals surface area contributed by atoms with Gasteiger partial charge in [-0.1, -0.05) is 43.7 Å². The first-order chi connectivity index (χ1) is 14.7. The Balaban J connectivity index is 1.60. The van der Waals surface area contributed by atoms with E-state index in [2.05, 4.69) is 29.4 Å². The first-order valence-electron chi connectivity index (χ1n) is 11.0. The van der Waals surface area contributed by atoms with E-state index in [9.17, 15) is 14.4 Å². The smallest absolute Gasteiger partial charge is 0.325 e. The molecule has 31 heavy (non-hydrogen) atoms. The number of carbonyl (C=O) groups is 3. The maximum absolute atomic E-state index is 13.0. The predicted molar refractivity (Wildman–Crippen MR) is 117 cm³/mol. The summed E-state index contributed by atoms with van der Waals surface area (Å²) in [5, 5.41) is 5.68. The topological polar surface area (TPSA) is 91.0 Å². The molecule has 0 bridgehead atoms. The molecule has 170 valence electrons. The second-order valence-electron chi connectivity index (χ2n) is 9.05. The van der Waals surface area contributed by atoms with Gasteiger partial charge in [0.2, 0.25) is 5.91 Å². The highest BCUT2D eigenvalue weighted by atomic mass is 16.5. The Morgan fingerprint density at radius 3 is 2.45 bits per heavy atom. The van der Waals surface area contributed by atoms with Crippen molar-refractivity contribution in [3.05, 3.63) is 35.4 Å². The third kappa shape index (κ3) is 5.43. The van der Waals surface area contributed by atoms with Gasteiger partial charge in [-0.25, -0.2) is 4.79 Å². The van der Waals surface area contributed by atoms with Gasteiger partial charge in [0, 0.05) is 25.7 Å². The number of rotatable bonds is 8. The molecule has 2 aliphatic rings. The minimum absolute atomic E-state index is 0.203. The SMILES string of the molecule is Cc1ccc(C2(C)NC(=O)N(CC(=O)NCC(CC(C)C)N3CCOCC3)C2=O)cc1. The number of benzene rings is 1. The fraction of sp³-hybridized carbons (Fsp3) is 0.609. The third-order valence-electron chi connectivity index (χ3n) is 6.05. The van der Waals surface area contributed by atoms with E-state index in [0.29, 0.717) is 31.2 Å². The van der Waals surface area contributed by atoms with Gasteiger partial charge in [-0.2, -0.15) is 0 Å². The van der Waals surface area contributed by atoms with Crippen molar-refractivity contribution in [2.24, 2.45) is 5.92 Å². The van der Waals surface area contributed by atoms with Crippen molar-refractivity contribution < 1.29 is 19.1 Å². The Bertz CT molecular complexity index is 804. The number of ether oxygens (including phenoxy) is 1. The fourth-order valence-electron chi connectivity index (χ4n) is 4.20. The lowest BCUT2D eigenvalue weighted by Gasteiger charge is -2.35. The predicted octanol–water partition coefficient (Wildman–Crippen LogP) is 1.63. The molecule has 0 saturated carbocycles. The molecule has 1 aromatic rings. The molecule has 3 rings (SSSR count). The van der Waals surface area contributed by atoms with E-state index in [1.807, 2.05) is 31.2 Å². The number of urea groups is 1. The third-order valence-corrected chi connectivity index (χ3v) is 6.05. The maximum atomic E-state index is 13.0. The minimum atomic E-state index is -1.17. The molecular weight excluding hydrogens is 396 g/mol. The number of imide groups is 1. The second kappa shape index (κ2) is 9.78. The summed E-state index contributed by atoms with van der Waals surface area (Å²) < 4.78 is 5.44. The van der Waals surface area contributed by atoms with Gasteiger partial charge in [0.05, 0.1) is 13.2 Å². The van der Waals surface area contributed by atoms with Crippen LogP contribution in [0.1, 0.15) is 38.3 Å². The molecule has 0 radical (unpaired) electrons. The quantitative estimate of drug-likeness (QED) is 0.612. The summed E-state index contributed by atoms with van der Waals surface area (Å²) in [6.07, 6.45) is 0.953. The Morgan fingerprint density at radius 2 is 1.84 bits per heavy atom. The van der Waals surface area contributed by atoms with E-state index < -0.39 is 17.5 Å². The number of carbonyl (C=O) groups excluding carboxylic acids is 3. The highest BCUT2D eigenvalue weighted by Gasteiger charge is 2.49. The lowest BCUT2D eigenvalue weighted by molar-refractivity contribution is -0.134. The number of nitrogens with one attached hydrogen (secondary N) is 2. The normalized spacial score (nSPS) is 23.2. The van der Waals surface area contributed by atoms with Gasteiger partial charge in [0.25, 0.3) is 5.91 Å². The van der Waals surface area contributed by atoms with Crippen LogP contribution in [-0.4, -0.2) is 73.1 Å². The van der Waals surface area contributed by atoms with Gasteiger partial charge in [-0.15, -0.1) is 0 Å². The van der Waals surface area contributed by atoms with Crippen LogP contribution in [0.3, 0.4) is 0 Å². The van der Waals surface area contributed by atoms with Crippen LogP contribution in [0.4, 0.5) is 4.79 Å². The molecule has 8 nitrogen and oxygen atoms in total. The monoisotopic (exact) mass is 430 g/mol. The zero-order valence-electron chi connectivity index (χ0n) is 18.9. The molecule has 2 unspecified atom stereocenters. The summed E-state index contributed by atoms with van der Waals surface area (Å²) in [6, 6.07) is 7.11. The molecule has 2 N–H and O–H groups in total. The largest absolute Gasteiger partial charge is 0.379 e. The van der Waals surface area contributed by atoms with Crippen LogP contribution in [0.15, 0.2) is 24.3 Å². The van der Waals surface area contributed by atoms with Crippen LogP contribution in [0, 0.1) is 12.8 Å². The highest BCUT2D eigenvalue weighted by molar-refractivity contribution is 6.09. The summed E-state index contributed by atoms with van der Waals surface area (Å²) in [5.74, 6) is -0.256. The number of morpholine rings is 1. The van der Waals surface area contributed by atoms with Gasteiger partial charge >= 0.3 is 6.03 Å². The van der Waals surface area contributed by atoms with E-state index in [1.54, 1.807) is 6.92 Å². The zero-order chi connectivity index (χ0) is 22.6. The molecule has 8 heteroatoms. The average Bonchev–Trinajstić information content (AvgIpc) is 2.95. The van der Waals surface area contributed by atoms with Gasteiger partial charge in [-0.3, -0.25) is 19.4 Å². The van der Waals surface area contributed by atoms with E-state index in [4.69, 9.17) is 4.74 Å². The zero-order valence-corrected chi connectivity index (χ0v) is 18.9. The minimum Gasteiger partial charge on any atom is -0.379 e. The Morgan fingerprint density at radius 1 is 1.19 bits per heavy atom. The lowest BCUT2D eigenvalue weighted by atomic mass is 9.91. The van der Waals surface area contributed by atoms with Crippen LogP contribution >= 0.6 is 0 Å². The fourth-order valence-corrected chi connectivity index (χ4v) is 4.20. The average molecular weight is 431 g/mol. The Labute approximate surface area is 184 Å². The number of aryl methyl sites for hydroxylation is 1. The Hall–Kier alpha value is -2.45. The molecule has 2 saturated heterocycles. The number of amides is 4. The van der Waals surface area contributed by atoms with E-state index >= 15 is 0 Å². The van der Waals surface area contributed by atoms with Crippen molar-refractivity contribution in [1.82, 2.24) is 20.4 Å². The van der Waals surface area contributed by atoms with Crippen LogP contribution in [-0.2, 0) is 19.9 Å². The molecular formula is C23H34N4O4. The molecule has 0 aliphatic carbocycles. The first-order valence-corrected chi connectivity index (χ1v) is 11.0. The van der Waals surface area contributed by atoms with Gasteiger partial charge in [0.1, 0.15) is 12.1 Å². The van der Waals surface area contributed by atoms with Crippen LogP contribution < -0.4 is 10.6 Å². The molecule has 4 amide bonds. The van der Waals surface area contributed by atoms with Crippen LogP contribution in [0.2, 0.25) is 0 Å². The lowest BCUT2D eigenvalue weighted by Crippen LogP contribution is -2.50. The van der Waals surface area contributed by atoms with E-state index in [-0.39, 0.29) is 18.5 Å². The Kier molecular flexibility index (Phi) is 7.33. The summed E-state index contributed by atoms with van der Waals surface area (Å²) in [4.78, 5) is 41.5. The summed E-state index contributed by atoms with van der Waals surface area (Å²) >= 11 is 0. The summed E-state index contributed by atoms with van der Waals surface area (Å²) in [7, 11) is 0. The van der Waals surface area contributed by atoms with E-state index in [1.165, 1.54) is 0 Å². The van der Waals surface area contributed by atoms with Crippen molar-refractivity contribution in [1.29, 1.82) is 0 Å². The van der Waals surface area contributed by atoms with Crippen molar-refractivity contribution in [2.75, 3.05) is 39.4 Å². The highest BCUT2D eigenvalue weighted by Crippen LogP contribution is 2.28. The number of hydrogen-bond acceptors (Lipinski definition) is 5. The molecule has 2 aliphatic heterocycles. The molecule has 2 fully saturated rings. The standard InChI is InChI=1S/C23H34N4O4/c1-16(2)13-19(26-9-11-31-12-10-26)14-24-20(28)15-27-21(29)23(4,25-22(27)30)18-7-5-17(3)6-8-18/h5-8,16,19H,9-15H2,1-4H3,(H,24,28)(H,25,30). The van der Waals surface area contributed by atoms with Crippen molar-refractivity contribution in [3.8, 4) is 0 Å². The van der Waals surface area contributed by atoms with E-state index in [0.717, 1.165) is 30.0 Å². The van der Waals surface area contributed by atoms with Crippen molar-refractivity contribution in [3.63, 3.8) is 0 Å². The van der Waals surface area contributed by atoms with Gasteiger partial charge in [-0.05, 0) is 31.7 Å². The van der Waals surface area contributed by atoms with Crippen LogP contribution in [0.5, 0.6) is 0 Å². The molecule has 2 atom stereocenters. The van der Waals surface area contributed by atoms with Gasteiger partial charge < -0.3 is 15.4 Å². The molecule has 1 aromatic carbocycles. The maximum Gasteiger partial charge on any atom is 0.325 e. The molecule has 0 spiro atoms.